The van der Waals surface area contributed by atoms with E-state index in [-0.39, 0.29) is 0 Å². The van der Waals surface area contributed by atoms with Crippen LogP contribution in [-0.4, -0.2) is 11.6 Å². The highest BCUT2D eigenvalue weighted by Gasteiger charge is 2.06. The zero-order chi connectivity index (χ0) is 5.82. The van der Waals surface area contributed by atoms with Crippen molar-refractivity contribution < 1.29 is 4.74 Å². The Balaban J connectivity index is 2.17. The molecule has 1 aliphatic heterocycles. The third-order valence-corrected chi connectivity index (χ3v) is 2.10. The fourth-order valence-electron chi connectivity index (χ4n) is 0.878. The lowest BCUT2D eigenvalue weighted by Gasteiger charge is -2.03. The molecule has 0 saturated carbocycles. The van der Waals surface area contributed by atoms with Crippen LogP contribution in [0.15, 0.2) is 0 Å². The standard InChI is InChI=1S/C6H11BrO/c7-6-4-2-1-3-5-8-6/h6H,1-5H2. The molecule has 0 bridgehead atoms. The van der Waals surface area contributed by atoms with Gasteiger partial charge in [0.05, 0.1) is 0 Å². The molecule has 0 aliphatic carbocycles. The van der Waals surface area contributed by atoms with Crippen LogP contribution in [0.5, 0.6) is 0 Å². The first-order chi connectivity index (χ1) is 3.89. The van der Waals surface area contributed by atoms with Gasteiger partial charge in [-0.05, 0) is 19.3 Å². The van der Waals surface area contributed by atoms with E-state index in [9.17, 15) is 0 Å². The van der Waals surface area contributed by atoms with Gasteiger partial charge in [0, 0.05) is 6.61 Å². The Kier molecular flexibility index (Phi) is 2.84. The second-order valence-electron chi connectivity index (χ2n) is 2.13. The van der Waals surface area contributed by atoms with Crippen molar-refractivity contribution in [2.75, 3.05) is 6.61 Å². The molecule has 2 heteroatoms. The molecule has 1 atom stereocenters. The maximum Gasteiger partial charge on any atom is 0.112 e. The van der Waals surface area contributed by atoms with Crippen molar-refractivity contribution in [2.45, 2.75) is 30.7 Å². The van der Waals surface area contributed by atoms with Crippen LogP contribution < -0.4 is 0 Å². The summed E-state index contributed by atoms with van der Waals surface area (Å²) in [6.45, 7) is 0.940. The summed E-state index contributed by atoms with van der Waals surface area (Å²) >= 11 is 3.42. The van der Waals surface area contributed by atoms with Crippen molar-refractivity contribution in [3.63, 3.8) is 0 Å². The van der Waals surface area contributed by atoms with Gasteiger partial charge in [-0.15, -0.1) is 0 Å². The van der Waals surface area contributed by atoms with Crippen molar-refractivity contribution in [1.29, 1.82) is 0 Å². The molecule has 0 aromatic heterocycles. The minimum Gasteiger partial charge on any atom is -0.367 e. The number of alkyl halides is 1. The first kappa shape index (κ1) is 6.56. The van der Waals surface area contributed by atoms with Crippen LogP contribution in [0.2, 0.25) is 0 Å². The van der Waals surface area contributed by atoms with E-state index in [1.54, 1.807) is 0 Å². The Bertz CT molecular complexity index is 57.5. The molecule has 0 spiro atoms. The molecule has 1 heterocycles. The molecule has 0 aromatic rings. The van der Waals surface area contributed by atoms with Gasteiger partial charge in [0.1, 0.15) is 5.01 Å². The maximum absolute atomic E-state index is 5.32. The first-order valence-electron chi connectivity index (χ1n) is 3.15. The van der Waals surface area contributed by atoms with Gasteiger partial charge in [-0.3, -0.25) is 0 Å². The normalized spacial score (nSPS) is 31.9. The third kappa shape index (κ3) is 2.14. The number of halogens is 1. The molecule has 0 N–H and O–H groups in total. The summed E-state index contributed by atoms with van der Waals surface area (Å²) in [5, 5.41) is 0.338. The summed E-state index contributed by atoms with van der Waals surface area (Å²) in [7, 11) is 0. The highest BCUT2D eigenvalue weighted by Crippen LogP contribution is 2.16. The van der Waals surface area contributed by atoms with E-state index < -0.39 is 0 Å². The lowest BCUT2D eigenvalue weighted by molar-refractivity contribution is 0.124. The van der Waals surface area contributed by atoms with Crippen LogP contribution in [0.25, 0.3) is 0 Å². The predicted octanol–water partition coefficient (Wildman–Crippen LogP) is 2.30. The summed E-state index contributed by atoms with van der Waals surface area (Å²) in [5.41, 5.74) is 0. The topological polar surface area (TPSA) is 9.23 Å². The summed E-state index contributed by atoms with van der Waals surface area (Å²) in [6.07, 6.45) is 5.07. The Labute approximate surface area is 58.5 Å². The van der Waals surface area contributed by atoms with Gasteiger partial charge in [-0.2, -0.15) is 0 Å². The minimum absolute atomic E-state index is 0.338. The van der Waals surface area contributed by atoms with Crippen molar-refractivity contribution in [3.05, 3.63) is 0 Å². The molecule has 0 aromatic carbocycles. The van der Waals surface area contributed by atoms with Crippen LogP contribution in [0.4, 0.5) is 0 Å². The predicted molar refractivity (Wildman–Crippen MR) is 37.1 cm³/mol. The molecule has 8 heavy (non-hydrogen) atoms. The van der Waals surface area contributed by atoms with E-state index in [0.717, 1.165) is 6.61 Å². The van der Waals surface area contributed by atoms with Crippen molar-refractivity contribution in [2.24, 2.45) is 0 Å². The van der Waals surface area contributed by atoms with Crippen molar-refractivity contribution >= 4 is 15.9 Å². The minimum atomic E-state index is 0.338. The van der Waals surface area contributed by atoms with Gasteiger partial charge in [0.25, 0.3) is 0 Å². The third-order valence-electron chi connectivity index (χ3n) is 1.37. The molecule has 1 fully saturated rings. The molecule has 1 saturated heterocycles. The lowest BCUT2D eigenvalue weighted by Crippen LogP contribution is -2.00. The summed E-state index contributed by atoms with van der Waals surface area (Å²) < 4.78 is 5.32. The first-order valence-corrected chi connectivity index (χ1v) is 4.07. The molecule has 48 valence electrons. The fraction of sp³-hybridized carbons (Fsp3) is 1.00. The average molecular weight is 179 g/mol. The van der Waals surface area contributed by atoms with Crippen LogP contribution in [-0.2, 0) is 4.74 Å². The van der Waals surface area contributed by atoms with Gasteiger partial charge >= 0.3 is 0 Å². The SMILES string of the molecule is BrC1CCCCCO1. The largest absolute Gasteiger partial charge is 0.367 e. The molecular formula is C6H11BrO. The monoisotopic (exact) mass is 178 g/mol. The van der Waals surface area contributed by atoms with Crippen LogP contribution in [0, 0.1) is 0 Å². The highest BCUT2D eigenvalue weighted by molar-refractivity contribution is 9.09. The van der Waals surface area contributed by atoms with Gasteiger partial charge in [-0.25, -0.2) is 0 Å². The molecule has 1 aliphatic rings. The molecule has 0 amide bonds. The quantitative estimate of drug-likeness (QED) is 0.518. The Morgan fingerprint density at radius 2 is 2.12 bits per heavy atom. The zero-order valence-electron chi connectivity index (χ0n) is 4.90. The Hall–Kier alpha value is 0.440. The highest BCUT2D eigenvalue weighted by atomic mass is 79.9. The lowest BCUT2D eigenvalue weighted by atomic mass is 10.2. The van der Waals surface area contributed by atoms with Gasteiger partial charge in [-0.1, -0.05) is 22.4 Å². The van der Waals surface area contributed by atoms with E-state index in [1.165, 1.54) is 25.7 Å². The van der Waals surface area contributed by atoms with Crippen LogP contribution in [0.1, 0.15) is 25.7 Å². The smallest absolute Gasteiger partial charge is 0.112 e. The Morgan fingerprint density at radius 1 is 1.25 bits per heavy atom. The van der Waals surface area contributed by atoms with Crippen LogP contribution in [0.3, 0.4) is 0 Å². The van der Waals surface area contributed by atoms with E-state index in [0.29, 0.717) is 5.01 Å². The number of hydrogen-bond acceptors (Lipinski definition) is 1. The molecular weight excluding hydrogens is 168 g/mol. The second-order valence-corrected chi connectivity index (χ2v) is 3.15. The zero-order valence-corrected chi connectivity index (χ0v) is 6.49. The van der Waals surface area contributed by atoms with Crippen molar-refractivity contribution in [3.8, 4) is 0 Å². The second kappa shape index (κ2) is 3.46. The van der Waals surface area contributed by atoms with E-state index in [4.69, 9.17) is 4.74 Å². The van der Waals surface area contributed by atoms with Crippen LogP contribution >= 0.6 is 15.9 Å². The fourth-order valence-corrected chi connectivity index (χ4v) is 1.39. The molecule has 1 nitrogen and oxygen atoms in total. The van der Waals surface area contributed by atoms with Crippen molar-refractivity contribution in [1.82, 2.24) is 0 Å². The average Bonchev–Trinajstić information content (AvgIpc) is 1.94. The molecule has 1 unspecified atom stereocenters. The van der Waals surface area contributed by atoms with Gasteiger partial charge in [0.15, 0.2) is 0 Å². The van der Waals surface area contributed by atoms with E-state index in [2.05, 4.69) is 15.9 Å². The summed E-state index contributed by atoms with van der Waals surface area (Å²) in [5.74, 6) is 0. The van der Waals surface area contributed by atoms with Gasteiger partial charge in [0.2, 0.25) is 0 Å². The number of rotatable bonds is 0. The number of hydrogen-bond donors (Lipinski definition) is 0. The van der Waals surface area contributed by atoms with Gasteiger partial charge < -0.3 is 4.74 Å². The number of ether oxygens (including phenoxy) is 1. The molecule has 0 radical (unpaired) electrons. The summed E-state index contributed by atoms with van der Waals surface area (Å²) in [6, 6.07) is 0. The summed E-state index contributed by atoms with van der Waals surface area (Å²) in [4.78, 5) is 0. The van der Waals surface area contributed by atoms with E-state index >= 15 is 0 Å². The maximum atomic E-state index is 5.32. The Morgan fingerprint density at radius 3 is 3.00 bits per heavy atom. The van der Waals surface area contributed by atoms with E-state index in [1.807, 2.05) is 0 Å². The molecule has 1 rings (SSSR count).